The van der Waals surface area contributed by atoms with E-state index in [-0.39, 0.29) is 6.61 Å². The van der Waals surface area contributed by atoms with Gasteiger partial charge in [0.1, 0.15) is 12.4 Å². The number of hydrogen-bond acceptors (Lipinski definition) is 1. The zero-order valence-electron chi connectivity index (χ0n) is 9.75. The molecule has 0 aliphatic carbocycles. The molecule has 0 aromatic heterocycles. The summed E-state index contributed by atoms with van der Waals surface area (Å²) >= 11 is 3.31. The standard InChI is InChI=1S/C14H10BrF3O/c15-12-5-7-13(8-6-12)19-9-10-1-3-11(4-2-10)14(16,17)18/h1-8H,9H2. The maximum atomic E-state index is 12.4. The lowest BCUT2D eigenvalue weighted by molar-refractivity contribution is -0.137. The molecule has 0 N–H and O–H groups in total. The smallest absolute Gasteiger partial charge is 0.416 e. The van der Waals surface area contributed by atoms with Crippen LogP contribution in [-0.2, 0) is 12.8 Å². The first-order valence-corrected chi connectivity index (χ1v) is 6.29. The Morgan fingerprint density at radius 3 is 2.00 bits per heavy atom. The van der Waals surface area contributed by atoms with Crippen LogP contribution in [0.2, 0.25) is 0 Å². The monoisotopic (exact) mass is 330 g/mol. The molecule has 0 aliphatic heterocycles. The average molecular weight is 331 g/mol. The third-order valence-corrected chi connectivity index (χ3v) is 3.03. The van der Waals surface area contributed by atoms with Gasteiger partial charge < -0.3 is 4.74 Å². The van der Waals surface area contributed by atoms with Crippen LogP contribution in [-0.4, -0.2) is 0 Å². The minimum atomic E-state index is -4.30. The Morgan fingerprint density at radius 2 is 1.47 bits per heavy atom. The first kappa shape index (κ1) is 13.9. The molecular weight excluding hydrogens is 321 g/mol. The van der Waals surface area contributed by atoms with Gasteiger partial charge in [0.2, 0.25) is 0 Å². The van der Waals surface area contributed by atoms with Crippen LogP contribution in [0.5, 0.6) is 5.75 Å². The lowest BCUT2D eigenvalue weighted by atomic mass is 10.1. The van der Waals surface area contributed by atoms with Gasteiger partial charge in [-0.2, -0.15) is 13.2 Å². The fourth-order valence-electron chi connectivity index (χ4n) is 1.49. The molecule has 19 heavy (non-hydrogen) atoms. The van der Waals surface area contributed by atoms with Gasteiger partial charge in [-0.3, -0.25) is 0 Å². The number of benzene rings is 2. The van der Waals surface area contributed by atoms with E-state index in [0.717, 1.165) is 16.6 Å². The number of halogens is 4. The first-order chi connectivity index (χ1) is 8.95. The van der Waals surface area contributed by atoms with Gasteiger partial charge in [0.15, 0.2) is 0 Å². The molecule has 2 rings (SSSR count). The molecular formula is C14H10BrF3O. The van der Waals surface area contributed by atoms with E-state index in [1.54, 1.807) is 12.1 Å². The van der Waals surface area contributed by atoms with E-state index < -0.39 is 11.7 Å². The van der Waals surface area contributed by atoms with Crippen LogP contribution in [0, 0.1) is 0 Å². The predicted molar refractivity (Wildman–Crippen MR) is 69.9 cm³/mol. The topological polar surface area (TPSA) is 9.23 Å². The van der Waals surface area contributed by atoms with Gasteiger partial charge in [0.05, 0.1) is 5.56 Å². The Labute approximate surface area is 117 Å². The quantitative estimate of drug-likeness (QED) is 0.765. The van der Waals surface area contributed by atoms with Crippen LogP contribution in [0.15, 0.2) is 53.0 Å². The molecule has 0 radical (unpaired) electrons. The molecule has 0 unspecified atom stereocenters. The Hall–Kier alpha value is -1.49. The molecule has 2 aromatic carbocycles. The second-order valence-corrected chi connectivity index (χ2v) is 4.85. The molecule has 0 saturated carbocycles. The van der Waals surface area contributed by atoms with Crippen LogP contribution in [0.1, 0.15) is 11.1 Å². The molecule has 0 aliphatic rings. The van der Waals surface area contributed by atoms with Crippen molar-refractivity contribution in [1.82, 2.24) is 0 Å². The van der Waals surface area contributed by atoms with Gasteiger partial charge >= 0.3 is 6.18 Å². The normalized spacial score (nSPS) is 11.4. The molecule has 0 fully saturated rings. The van der Waals surface area contributed by atoms with E-state index >= 15 is 0 Å². The van der Waals surface area contributed by atoms with Crippen molar-refractivity contribution in [2.45, 2.75) is 12.8 Å². The van der Waals surface area contributed by atoms with E-state index in [4.69, 9.17) is 4.74 Å². The van der Waals surface area contributed by atoms with E-state index in [9.17, 15) is 13.2 Å². The average Bonchev–Trinajstić information content (AvgIpc) is 2.37. The Kier molecular flexibility index (Phi) is 4.14. The SMILES string of the molecule is FC(F)(F)c1ccc(COc2ccc(Br)cc2)cc1. The van der Waals surface area contributed by atoms with Crippen molar-refractivity contribution in [2.75, 3.05) is 0 Å². The van der Waals surface area contributed by atoms with E-state index in [2.05, 4.69) is 15.9 Å². The van der Waals surface area contributed by atoms with Gasteiger partial charge in [0.25, 0.3) is 0 Å². The molecule has 0 amide bonds. The van der Waals surface area contributed by atoms with E-state index in [1.807, 2.05) is 12.1 Å². The molecule has 1 nitrogen and oxygen atoms in total. The van der Waals surface area contributed by atoms with Gasteiger partial charge in [-0.1, -0.05) is 28.1 Å². The maximum Gasteiger partial charge on any atom is 0.416 e. The number of alkyl halides is 3. The fourth-order valence-corrected chi connectivity index (χ4v) is 1.75. The summed E-state index contributed by atoms with van der Waals surface area (Å²) in [5.74, 6) is 0.670. The van der Waals surface area contributed by atoms with Crippen molar-refractivity contribution in [3.63, 3.8) is 0 Å². The zero-order valence-corrected chi connectivity index (χ0v) is 11.3. The predicted octanol–water partition coefficient (Wildman–Crippen LogP) is 5.05. The van der Waals surface area contributed by atoms with Gasteiger partial charge in [-0.15, -0.1) is 0 Å². The molecule has 100 valence electrons. The Bertz CT molecular complexity index is 532. The van der Waals surface area contributed by atoms with Crippen LogP contribution >= 0.6 is 15.9 Å². The summed E-state index contributed by atoms with van der Waals surface area (Å²) in [6.45, 7) is 0.236. The lowest BCUT2D eigenvalue weighted by Gasteiger charge is -2.09. The molecule has 0 spiro atoms. The van der Waals surface area contributed by atoms with Crippen molar-refractivity contribution in [3.8, 4) is 5.75 Å². The number of hydrogen-bond donors (Lipinski definition) is 0. The molecule has 0 bridgehead atoms. The second-order valence-electron chi connectivity index (χ2n) is 3.94. The van der Waals surface area contributed by atoms with Crippen molar-refractivity contribution in [2.24, 2.45) is 0 Å². The number of rotatable bonds is 3. The van der Waals surface area contributed by atoms with Crippen LogP contribution < -0.4 is 4.74 Å². The molecule has 2 aromatic rings. The maximum absolute atomic E-state index is 12.4. The highest BCUT2D eigenvalue weighted by molar-refractivity contribution is 9.10. The summed E-state index contributed by atoms with van der Waals surface area (Å²) in [6, 6.07) is 12.2. The highest BCUT2D eigenvalue weighted by Crippen LogP contribution is 2.29. The van der Waals surface area contributed by atoms with Crippen LogP contribution in [0.4, 0.5) is 13.2 Å². The van der Waals surface area contributed by atoms with Crippen LogP contribution in [0.25, 0.3) is 0 Å². The zero-order chi connectivity index (χ0) is 13.9. The molecule has 0 atom stereocenters. The van der Waals surface area contributed by atoms with Crippen molar-refractivity contribution in [3.05, 3.63) is 64.1 Å². The summed E-state index contributed by atoms with van der Waals surface area (Å²) in [5.41, 5.74) is 0.0378. The van der Waals surface area contributed by atoms with Gasteiger partial charge in [0, 0.05) is 4.47 Å². The summed E-state index contributed by atoms with van der Waals surface area (Å²) < 4.78 is 43.5. The summed E-state index contributed by atoms with van der Waals surface area (Å²) in [6.07, 6.45) is -4.30. The van der Waals surface area contributed by atoms with Crippen LogP contribution in [0.3, 0.4) is 0 Å². The Morgan fingerprint density at radius 1 is 0.895 bits per heavy atom. The third kappa shape index (κ3) is 3.99. The highest BCUT2D eigenvalue weighted by Gasteiger charge is 2.29. The fraction of sp³-hybridized carbons (Fsp3) is 0.143. The Balaban J connectivity index is 1.98. The van der Waals surface area contributed by atoms with E-state index in [0.29, 0.717) is 11.3 Å². The highest BCUT2D eigenvalue weighted by atomic mass is 79.9. The van der Waals surface area contributed by atoms with Gasteiger partial charge in [-0.05, 0) is 42.0 Å². The summed E-state index contributed by atoms with van der Waals surface area (Å²) in [5, 5.41) is 0. The van der Waals surface area contributed by atoms with Gasteiger partial charge in [-0.25, -0.2) is 0 Å². The largest absolute Gasteiger partial charge is 0.489 e. The van der Waals surface area contributed by atoms with Crippen molar-refractivity contribution in [1.29, 1.82) is 0 Å². The summed E-state index contributed by atoms with van der Waals surface area (Å²) in [4.78, 5) is 0. The molecule has 0 heterocycles. The summed E-state index contributed by atoms with van der Waals surface area (Å²) in [7, 11) is 0. The molecule has 0 saturated heterocycles. The van der Waals surface area contributed by atoms with E-state index in [1.165, 1.54) is 12.1 Å². The second kappa shape index (κ2) is 5.65. The third-order valence-electron chi connectivity index (χ3n) is 2.50. The molecule has 5 heteroatoms. The first-order valence-electron chi connectivity index (χ1n) is 5.50. The lowest BCUT2D eigenvalue weighted by Crippen LogP contribution is -2.05. The minimum Gasteiger partial charge on any atom is -0.489 e. The minimum absolute atomic E-state index is 0.236. The van der Waals surface area contributed by atoms with Crippen molar-refractivity contribution < 1.29 is 17.9 Å². The number of ether oxygens (including phenoxy) is 1. The van der Waals surface area contributed by atoms with Crippen molar-refractivity contribution >= 4 is 15.9 Å².